The largest absolute Gasteiger partial charge is 0.354 e. The molecule has 3 heterocycles. The predicted octanol–water partition coefficient (Wildman–Crippen LogP) is 4.56. The molecule has 0 spiro atoms. The number of carbonyl (C=O) groups is 1. The van der Waals surface area contributed by atoms with E-state index in [0.29, 0.717) is 32.3 Å². The van der Waals surface area contributed by atoms with Crippen LogP contribution in [0.4, 0.5) is 11.6 Å². The highest BCUT2D eigenvalue weighted by Gasteiger charge is 2.16. The topological polar surface area (TPSA) is 92.7 Å². The van der Waals surface area contributed by atoms with Crippen molar-refractivity contribution in [1.82, 2.24) is 25.5 Å². The number of hydrogen-bond donors (Lipinski definition) is 2. The van der Waals surface area contributed by atoms with Crippen molar-refractivity contribution in [2.24, 2.45) is 0 Å². The molecule has 0 saturated heterocycles. The predicted molar refractivity (Wildman–Crippen MR) is 112 cm³/mol. The van der Waals surface area contributed by atoms with Crippen LogP contribution in [0.2, 0.25) is 10.0 Å². The number of thiazole rings is 1. The molecule has 140 valence electrons. The van der Waals surface area contributed by atoms with Gasteiger partial charge in [0.25, 0.3) is 5.91 Å². The highest BCUT2D eigenvalue weighted by molar-refractivity contribution is 7.22. The summed E-state index contributed by atoms with van der Waals surface area (Å²) in [6.45, 7) is 0. The number of benzene rings is 1. The van der Waals surface area contributed by atoms with Crippen LogP contribution in [-0.4, -0.2) is 33.1 Å². The number of anilines is 2. The van der Waals surface area contributed by atoms with Crippen molar-refractivity contribution >= 4 is 62.3 Å². The van der Waals surface area contributed by atoms with Gasteiger partial charge in [0.1, 0.15) is 5.01 Å². The second kappa shape index (κ2) is 7.67. The Morgan fingerprint density at radius 3 is 2.54 bits per heavy atom. The van der Waals surface area contributed by atoms with E-state index in [0.717, 1.165) is 10.2 Å². The number of halogens is 2. The molecule has 0 aliphatic carbocycles. The van der Waals surface area contributed by atoms with E-state index in [-0.39, 0.29) is 11.6 Å². The van der Waals surface area contributed by atoms with Crippen LogP contribution < -0.4 is 10.6 Å². The van der Waals surface area contributed by atoms with Crippen molar-refractivity contribution in [2.45, 2.75) is 0 Å². The highest BCUT2D eigenvalue weighted by Crippen LogP contribution is 2.40. The highest BCUT2D eigenvalue weighted by atomic mass is 35.5. The number of hydrogen-bond acceptors (Lipinski definition) is 7. The summed E-state index contributed by atoms with van der Waals surface area (Å²) in [5.41, 5.74) is 1.67. The minimum absolute atomic E-state index is 0.229. The fourth-order valence-electron chi connectivity index (χ4n) is 2.52. The molecular formula is C18H12Cl2N6OS. The van der Waals surface area contributed by atoms with Crippen molar-refractivity contribution in [3.05, 3.63) is 58.3 Å². The summed E-state index contributed by atoms with van der Waals surface area (Å²) in [6, 6.07) is 10.4. The number of aromatic nitrogens is 4. The van der Waals surface area contributed by atoms with Gasteiger partial charge < -0.3 is 10.6 Å². The average molecular weight is 431 g/mol. The standard InChI is InChI=1S/C18H12Cl2N6OS/c1-21-17(27)12-5-6-13(26-25-12)24-16-15-11(7-8-22-16)23-18(28-15)14-9(19)3-2-4-10(14)20/h2-8H,1H3,(H,21,27)(H,22,24,26). The van der Waals surface area contributed by atoms with Crippen LogP contribution >= 0.6 is 34.5 Å². The first-order valence-corrected chi connectivity index (χ1v) is 9.67. The minimum atomic E-state index is -0.303. The Kier molecular flexibility index (Phi) is 5.08. The summed E-state index contributed by atoms with van der Waals surface area (Å²) < 4.78 is 0.825. The van der Waals surface area contributed by atoms with Gasteiger partial charge in [-0.3, -0.25) is 4.79 Å². The van der Waals surface area contributed by atoms with Crippen LogP contribution in [0.1, 0.15) is 10.5 Å². The Bertz CT molecular complexity index is 1160. The zero-order valence-corrected chi connectivity index (χ0v) is 16.7. The van der Waals surface area contributed by atoms with Gasteiger partial charge >= 0.3 is 0 Å². The molecule has 0 bridgehead atoms. The molecular weight excluding hydrogens is 419 g/mol. The van der Waals surface area contributed by atoms with E-state index in [9.17, 15) is 4.79 Å². The van der Waals surface area contributed by atoms with Gasteiger partial charge in [0.2, 0.25) is 0 Å². The van der Waals surface area contributed by atoms with Gasteiger partial charge in [-0.15, -0.1) is 21.5 Å². The molecule has 10 heteroatoms. The number of carbonyl (C=O) groups excluding carboxylic acids is 1. The van der Waals surface area contributed by atoms with Crippen molar-refractivity contribution < 1.29 is 4.79 Å². The molecule has 0 radical (unpaired) electrons. The fourth-order valence-corrected chi connectivity index (χ4v) is 4.29. The van der Waals surface area contributed by atoms with Crippen LogP contribution in [-0.2, 0) is 0 Å². The zero-order chi connectivity index (χ0) is 19.7. The second-order valence-electron chi connectivity index (χ2n) is 5.63. The Balaban J connectivity index is 1.71. The normalized spacial score (nSPS) is 10.8. The summed E-state index contributed by atoms with van der Waals surface area (Å²) in [5.74, 6) is 0.729. The second-order valence-corrected chi connectivity index (χ2v) is 7.44. The zero-order valence-electron chi connectivity index (χ0n) is 14.4. The molecule has 0 aliphatic heterocycles. The third kappa shape index (κ3) is 3.49. The molecule has 28 heavy (non-hydrogen) atoms. The molecule has 4 aromatic rings. The van der Waals surface area contributed by atoms with Crippen LogP contribution in [0, 0.1) is 0 Å². The first-order chi connectivity index (χ1) is 13.6. The molecule has 2 N–H and O–H groups in total. The maximum atomic E-state index is 11.6. The Morgan fingerprint density at radius 2 is 1.86 bits per heavy atom. The van der Waals surface area contributed by atoms with Crippen LogP contribution in [0.15, 0.2) is 42.6 Å². The maximum Gasteiger partial charge on any atom is 0.271 e. The first kappa shape index (κ1) is 18.5. The van der Waals surface area contributed by atoms with Crippen molar-refractivity contribution in [1.29, 1.82) is 0 Å². The molecule has 1 aromatic carbocycles. The van der Waals surface area contributed by atoms with Crippen molar-refractivity contribution in [3.63, 3.8) is 0 Å². The van der Waals surface area contributed by atoms with E-state index in [1.807, 2.05) is 6.07 Å². The quantitative estimate of drug-likeness (QED) is 0.492. The van der Waals surface area contributed by atoms with Gasteiger partial charge in [-0.25, -0.2) is 9.97 Å². The van der Waals surface area contributed by atoms with Gasteiger partial charge in [-0.2, -0.15) is 0 Å². The number of rotatable bonds is 4. The molecule has 3 aromatic heterocycles. The van der Waals surface area contributed by atoms with Gasteiger partial charge in [-0.1, -0.05) is 29.3 Å². The smallest absolute Gasteiger partial charge is 0.271 e. The lowest BCUT2D eigenvalue weighted by Gasteiger charge is -2.05. The summed E-state index contributed by atoms with van der Waals surface area (Å²) in [6.07, 6.45) is 1.65. The fraction of sp³-hybridized carbons (Fsp3) is 0.0556. The molecule has 4 rings (SSSR count). The van der Waals surface area contributed by atoms with E-state index in [1.165, 1.54) is 18.4 Å². The number of nitrogens with one attached hydrogen (secondary N) is 2. The van der Waals surface area contributed by atoms with Crippen LogP contribution in [0.5, 0.6) is 0 Å². The molecule has 0 unspecified atom stereocenters. The van der Waals surface area contributed by atoms with Gasteiger partial charge in [0.05, 0.1) is 20.3 Å². The number of pyridine rings is 1. The summed E-state index contributed by atoms with van der Waals surface area (Å²) in [5, 5.41) is 15.3. The summed E-state index contributed by atoms with van der Waals surface area (Å²) in [7, 11) is 1.54. The third-order valence-corrected chi connectivity index (χ3v) is 5.58. The van der Waals surface area contributed by atoms with Crippen LogP contribution in [0.3, 0.4) is 0 Å². The van der Waals surface area contributed by atoms with Crippen molar-refractivity contribution in [3.8, 4) is 10.6 Å². The van der Waals surface area contributed by atoms with Gasteiger partial charge in [0, 0.05) is 18.8 Å². The molecule has 7 nitrogen and oxygen atoms in total. The summed E-state index contributed by atoms with van der Waals surface area (Å²) >= 11 is 14.0. The lowest BCUT2D eigenvalue weighted by atomic mass is 10.2. The van der Waals surface area contributed by atoms with Gasteiger partial charge in [0.15, 0.2) is 17.3 Å². The Hall–Kier alpha value is -2.81. The van der Waals surface area contributed by atoms with E-state index in [1.54, 1.807) is 36.5 Å². The van der Waals surface area contributed by atoms with Crippen LogP contribution in [0.25, 0.3) is 20.8 Å². The SMILES string of the molecule is CNC(=O)c1ccc(Nc2nccc3nc(-c4c(Cl)cccc4Cl)sc23)nn1. The molecule has 0 aliphatic rings. The Morgan fingerprint density at radius 1 is 1.07 bits per heavy atom. The maximum absolute atomic E-state index is 11.6. The minimum Gasteiger partial charge on any atom is -0.354 e. The number of amides is 1. The number of fused-ring (bicyclic) bond motifs is 1. The Labute approximate surface area is 173 Å². The monoisotopic (exact) mass is 430 g/mol. The lowest BCUT2D eigenvalue weighted by Crippen LogP contribution is -2.19. The molecule has 0 fully saturated rings. The third-order valence-electron chi connectivity index (χ3n) is 3.85. The average Bonchev–Trinajstić information content (AvgIpc) is 3.12. The number of nitrogens with zero attached hydrogens (tertiary/aromatic N) is 4. The van der Waals surface area contributed by atoms with E-state index in [2.05, 4.69) is 30.8 Å². The summed E-state index contributed by atoms with van der Waals surface area (Å²) in [4.78, 5) is 20.6. The molecule has 0 atom stereocenters. The lowest BCUT2D eigenvalue weighted by molar-refractivity contribution is 0.0957. The van der Waals surface area contributed by atoms with Gasteiger partial charge in [-0.05, 0) is 30.3 Å². The molecule has 1 amide bonds. The van der Waals surface area contributed by atoms with E-state index < -0.39 is 0 Å². The van der Waals surface area contributed by atoms with Crippen molar-refractivity contribution in [2.75, 3.05) is 12.4 Å². The van der Waals surface area contributed by atoms with E-state index >= 15 is 0 Å². The van der Waals surface area contributed by atoms with E-state index in [4.69, 9.17) is 23.2 Å². The molecule has 0 saturated carbocycles. The first-order valence-electron chi connectivity index (χ1n) is 8.09.